The highest BCUT2D eigenvalue weighted by atomic mass is 32.1. The zero-order chi connectivity index (χ0) is 15.4. The molecule has 0 bridgehead atoms. The van der Waals surface area contributed by atoms with Crippen LogP contribution in [-0.2, 0) is 0 Å². The van der Waals surface area contributed by atoms with Gasteiger partial charge in [-0.05, 0) is 17.0 Å². The molecule has 1 aromatic carbocycles. The van der Waals surface area contributed by atoms with Gasteiger partial charge in [-0.1, -0.05) is 41.6 Å². The monoisotopic (exact) mass is 315 g/mol. The van der Waals surface area contributed by atoms with E-state index in [1.54, 1.807) is 12.1 Å². The minimum Gasteiger partial charge on any atom is -0.387 e. The average molecular weight is 315 g/mol. The van der Waals surface area contributed by atoms with E-state index in [0.29, 0.717) is 5.82 Å². The number of rotatable bonds is 5. The Morgan fingerprint density at radius 3 is 2.82 bits per heavy atom. The molecule has 2 aromatic heterocycles. The predicted molar refractivity (Wildman–Crippen MR) is 81.3 cm³/mol. The molecular weight excluding hydrogens is 302 g/mol. The fourth-order valence-corrected chi connectivity index (χ4v) is 2.53. The smallest absolute Gasteiger partial charge is 0.316 e. The lowest BCUT2D eigenvalue weighted by Crippen LogP contribution is -2.28. The number of carbonyl (C=O) groups excluding carboxylic acids is 1. The number of hydrogen-bond acceptors (Lipinski definition) is 6. The maximum Gasteiger partial charge on any atom is 0.316 e. The van der Waals surface area contributed by atoms with Crippen LogP contribution in [0.2, 0.25) is 0 Å². The summed E-state index contributed by atoms with van der Waals surface area (Å²) in [5, 5.41) is 18.2. The van der Waals surface area contributed by atoms with Crippen molar-refractivity contribution in [3.05, 3.63) is 59.3 Å². The lowest BCUT2D eigenvalue weighted by atomic mass is 10.1. The summed E-state index contributed by atoms with van der Waals surface area (Å²) >= 11 is 1.46. The summed E-state index contributed by atoms with van der Waals surface area (Å²) in [6.07, 6.45) is -0.787. The Morgan fingerprint density at radius 1 is 1.27 bits per heavy atom. The molecule has 112 valence electrons. The van der Waals surface area contributed by atoms with E-state index < -0.39 is 12.0 Å². The number of aliphatic hydroxyl groups is 1. The lowest BCUT2D eigenvalue weighted by Gasteiger charge is -2.10. The van der Waals surface area contributed by atoms with Crippen LogP contribution in [0, 0.1) is 0 Å². The third-order valence-corrected chi connectivity index (χ3v) is 3.87. The molecule has 0 saturated heterocycles. The van der Waals surface area contributed by atoms with Crippen molar-refractivity contribution < 1.29 is 14.4 Å². The molecule has 0 unspecified atom stereocenters. The van der Waals surface area contributed by atoms with Crippen molar-refractivity contribution in [3.8, 4) is 10.7 Å². The van der Waals surface area contributed by atoms with Gasteiger partial charge < -0.3 is 14.9 Å². The molecule has 1 atom stereocenters. The first-order valence-electron chi connectivity index (χ1n) is 6.63. The van der Waals surface area contributed by atoms with Crippen molar-refractivity contribution in [1.82, 2.24) is 15.5 Å². The highest BCUT2D eigenvalue weighted by Crippen LogP contribution is 2.21. The first-order valence-corrected chi connectivity index (χ1v) is 7.51. The number of hydrogen-bond donors (Lipinski definition) is 2. The van der Waals surface area contributed by atoms with E-state index in [1.165, 1.54) is 11.3 Å². The van der Waals surface area contributed by atoms with Crippen LogP contribution in [0.5, 0.6) is 0 Å². The Balaban J connectivity index is 1.61. The van der Waals surface area contributed by atoms with E-state index in [0.717, 1.165) is 10.4 Å². The largest absolute Gasteiger partial charge is 0.387 e. The van der Waals surface area contributed by atoms with Gasteiger partial charge in [0.1, 0.15) is 0 Å². The molecule has 7 heteroatoms. The van der Waals surface area contributed by atoms with Gasteiger partial charge in [-0.3, -0.25) is 4.79 Å². The fraction of sp³-hybridized carbons (Fsp3) is 0.133. The Kier molecular flexibility index (Phi) is 4.27. The molecule has 2 N–H and O–H groups in total. The fourth-order valence-electron chi connectivity index (χ4n) is 1.88. The van der Waals surface area contributed by atoms with E-state index in [2.05, 4.69) is 15.5 Å². The highest BCUT2D eigenvalue weighted by Gasteiger charge is 2.17. The quantitative estimate of drug-likeness (QED) is 0.754. The number of nitrogens with one attached hydrogen (secondary N) is 1. The van der Waals surface area contributed by atoms with Gasteiger partial charge in [0.05, 0.1) is 11.0 Å². The molecule has 1 amide bonds. The number of amides is 1. The standard InChI is InChI=1S/C15H13N3O3S/c19-11(10-5-2-1-3-6-10)9-16-14(20)15-17-13(18-21-15)12-7-4-8-22-12/h1-8,11,19H,9H2,(H,16,20)/t11-/m1/s1. The molecule has 0 fully saturated rings. The number of benzene rings is 1. The third kappa shape index (κ3) is 3.21. The number of nitrogens with zero attached hydrogens (tertiary/aromatic N) is 2. The van der Waals surface area contributed by atoms with Crippen LogP contribution >= 0.6 is 11.3 Å². The van der Waals surface area contributed by atoms with Gasteiger partial charge in [0.25, 0.3) is 0 Å². The summed E-state index contributed by atoms with van der Waals surface area (Å²) in [4.78, 5) is 16.8. The van der Waals surface area contributed by atoms with Crippen molar-refractivity contribution in [2.75, 3.05) is 6.54 Å². The molecule has 0 radical (unpaired) electrons. The summed E-state index contributed by atoms with van der Waals surface area (Å²) in [5.74, 6) is -0.252. The van der Waals surface area contributed by atoms with Crippen molar-refractivity contribution in [2.24, 2.45) is 0 Å². The molecule has 2 heterocycles. The second-order valence-corrected chi connectivity index (χ2v) is 5.48. The summed E-state index contributed by atoms with van der Waals surface area (Å²) in [5.41, 5.74) is 0.729. The first-order chi connectivity index (χ1) is 10.7. The van der Waals surface area contributed by atoms with Gasteiger partial charge >= 0.3 is 11.8 Å². The molecule has 0 saturated carbocycles. The molecule has 3 rings (SSSR count). The van der Waals surface area contributed by atoms with E-state index in [1.807, 2.05) is 35.7 Å². The van der Waals surface area contributed by atoms with Crippen molar-refractivity contribution >= 4 is 17.2 Å². The zero-order valence-corrected chi connectivity index (χ0v) is 12.3. The van der Waals surface area contributed by atoms with Gasteiger partial charge in [0.2, 0.25) is 5.82 Å². The Morgan fingerprint density at radius 2 is 2.09 bits per heavy atom. The predicted octanol–water partition coefficient (Wildman–Crippen LogP) is 2.26. The normalized spacial score (nSPS) is 12.0. The molecule has 0 aliphatic rings. The van der Waals surface area contributed by atoms with Crippen molar-refractivity contribution in [3.63, 3.8) is 0 Å². The molecule has 0 spiro atoms. The van der Waals surface area contributed by atoms with Crippen LogP contribution in [0.15, 0.2) is 52.4 Å². The zero-order valence-electron chi connectivity index (χ0n) is 11.5. The number of carbonyl (C=O) groups is 1. The van der Waals surface area contributed by atoms with Gasteiger partial charge in [0.15, 0.2) is 0 Å². The van der Waals surface area contributed by atoms with Crippen LogP contribution in [-0.4, -0.2) is 27.7 Å². The minimum absolute atomic E-state index is 0.0690. The number of aliphatic hydroxyl groups excluding tert-OH is 1. The molecule has 0 aliphatic heterocycles. The van der Waals surface area contributed by atoms with Gasteiger partial charge in [-0.15, -0.1) is 11.3 Å². The number of aromatic nitrogens is 2. The van der Waals surface area contributed by atoms with E-state index >= 15 is 0 Å². The van der Waals surface area contributed by atoms with E-state index in [-0.39, 0.29) is 12.4 Å². The minimum atomic E-state index is -0.787. The van der Waals surface area contributed by atoms with Crippen LogP contribution in [0.1, 0.15) is 22.4 Å². The van der Waals surface area contributed by atoms with Crippen LogP contribution in [0.4, 0.5) is 0 Å². The summed E-state index contributed by atoms with van der Waals surface area (Å²) in [6, 6.07) is 12.8. The average Bonchev–Trinajstić information content (AvgIpc) is 3.23. The third-order valence-electron chi connectivity index (χ3n) is 3.00. The maximum atomic E-state index is 11.9. The SMILES string of the molecule is O=C(NC[C@@H](O)c1ccccc1)c1nc(-c2cccs2)no1. The summed E-state index contributed by atoms with van der Waals surface area (Å²) in [7, 11) is 0. The summed E-state index contributed by atoms with van der Waals surface area (Å²) in [6.45, 7) is 0.0690. The highest BCUT2D eigenvalue weighted by molar-refractivity contribution is 7.13. The molecule has 0 aliphatic carbocycles. The molecule has 3 aromatic rings. The Hall–Kier alpha value is -2.51. The second-order valence-electron chi connectivity index (χ2n) is 4.54. The molecule has 22 heavy (non-hydrogen) atoms. The van der Waals surface area contributed by atoms with E-state index in [9.17, 15) is 9.90 Å². The van der Waals surface area contributed by atoms with Crippen LogP contribution < -0.4 is 5.32 Å². The van der Waals surface area contributed by atoms with Crippen molar-refractivity contribution in [2.45, 2.75) is 6.10 Å². The lowest BCUT2D eigenvalue weighted by molar-refractivity contribution is 0.0873. The van der Waals surface area contributed by atoms with Crippen LogP contribution in [0.25, 0.3) is 10.7 Å². The van der Waals surface area contributed by atoms with Gasteiger partial charge in [-0.25, -0.2) is 0 Å². The van der Waals surface area contributed by atoms with Gasteiger partial charge in [-0.2, -0.15) is 4.98 Å². The Labute approximate surface area is 130 Å². The topological polar surface area (TPSA) is 88.2 Å². The first kappa shape index (κ1) is 14.4. The summed E-state index contributed by atoms with van der Waals surface area (Å²) < 4.78 is 4.94. The number of thiophene rings is 1. The van der Waals surface area contributed by atoms with Crippen molar-refractivity contribution in [1.29, 1.82) is 0 Å². The maximum absolute atomic E-state index is 11.9. The molecule has 6 nitrogen and oxygen atoms in total. The van der Waals surface area contributed by atoms with Gasteiger partial charge in [0, 0.05) is 6.54 Å². The second kappa shape index (κ2) is 6.50. The Bertz CT molecular complexity index is 741. The van der Waals surface area contributed by atoms with E-state index in [4.69, 9.17) is 4.52 Å². The van der Waals surface area contributed by atoms with Crippen LogP contribution in [0.3, 0.4) is 0 Å². The molecular formula is C15H13N3O3S.